The van der Waals surface area contributed by atoms with Gasteiger partial charge in [-0.25, -0.2) is 4.98 Å². The molecule has 5 aromatic rings. The van der Waals surface area contributed by atoms with E-state index in [0.29, 0.717) is 27.4 Å². The molecule has 0 amide bonds. The number of allylic oxidation sites excluding steroid dienone is 1. The molecule has 2 aromatic carbocycles. The van der Waals surface area contributed by atoms with Crippen molar-refractivity contribution in [2.24, 2.45) is 0 Å². The van der Waals surface area contributed by atoms with Crippen LogP contribution in [0, 0.1) is 0 Å². The molecular formula is C21H15ClN6OS. The van der Waals surface area contributed by atoms with Crippen LogP contribution >= 0.6 is 22.9 Å². The summed E-state index contributed by atoms with van der Waals surface area (Å²) in [4.78, 5) is 4.57. The number of anilines is 2. The van der Waals surface area contributed by atoms with E-state index >= 15 is 0 Å². The minimum Gasteiger partial charge on any atom is -0.508 e. The van der Waals surface area contributed by atoms with Crippen LogP contribution in [0.3, 0.4) is 0 Å². The fourth-order valence-electron chi connectivity index (χ4n) is 3.20. The van der Waals surface area contributed by atoms with Gasteiger partial charge in [-0.2, -0.15) is 4.52 Å². The van der Waals surface area contributed by atoms with Crippen LogP contribution in [0.2, 0.25) is 5.02 Å². The lowest BCUT2D eigenvalue weighted by atomic mass is 9.98. The van der Waals surface area contributed by atoms with Gasteiger partial charge in [-0.3, -0.25) is 0 Å². The van der Waals surface area contributed by atoms with Crippen LogP contribution in [0.1, 0.15) is 17.3 Å². The summed E-state index contributed by atoms with van der Waals surface area (Å²) in [5.74, 6) is 1.22. The van der Waals surface area contributed by atoms with Crippen LogP contribution in [-0.4, -0.2) is 29.9 Å². The molecular weight excluding hydrogens is 420 g/mol. The van der Waals surface area contributed by atoms with Crippen molar-refractivity contribution >= 4 is 49.8 Å². The molecule has 3 heterocycles. The molecule has 2 N–H and O–H groups in total. The van der Waals surface area contributed by atoms with Gasteiger partial charge in [0, 0.05) is 5.02 Å². The van der Waals surface area contributed by atoms with Crippen molar-refractivity contribution in [3.8, 4) is 5.75 Å². The number of aromatic hydroxyl groups is 1. The highest BCUT2D eigenvalue weighted by atomic mass is 35.5. The largest absolute Gasteiger partial charge is 0.508 e. The minimum atomic E-state index is -0.229. The lowest BCUT2D eigenvalue weighted by Gasteiger charge is -2.11. The number of halogens is 1. The summed E-state index contributed by atoms with van der Waals surface area (Å²) < 4.78 is 2.68. The molecule has 3 aromatic heterocycles. The zero-order valence-corrected chi connectivity index (χ0v) is 17.1. The van der Waals surface area contributed by atoms with Gasteiger partial charge in [0.1, 0.15) is 5.75 Å². The first-order valence-corrected chi connectivity index (χ1v) is 10.3. The molecule has 9 heteroatoms. The number of rotatable bonds is 5. The van der Waals surface area contributed by atoms with Crippen molar-refractivity contribution < 1.29 is 5.11 Å². The van der Waals surface area contributed by atoms with Gasteiger partial charge in [0.05, 0.1) is 16.1 Å². The van der Waals surface area contributed by atoms with E-state index in [1.54, 1.807) is 22.7 Å². The molecule has 7 nitrogen and oxygen atoms in total. The fraction of sp³-hybridized carbons (Fsp3) is 0.0476. The van der Waals surface area contributed by atoms with E-state index in [-0.39, 0.29) is 11.7 Å². The molecule has 0 fully saturated rings. The SMILES string of the molecule is C=C[C@@H](c1ccc(O)cc1)c1nnc2ccc(Nc3nc4ccc(Cl)cc4s3)nn12. The Morgan fingerprint density at radius 2 is 1.93 bits per heavy atom. The van der Waals surface area contributed by atoms with Crippen molar-refractivity contribution in [2.45, 2.75) is 5.92 Å². The number of hydrogen-bond acceptors (Lipinski definition) is 7. The summed E-state index contributed by atoms with van der Waals surface area (Å²) in [6.45, 7) is 3.94. The van der Waals surface area contributed by atoms with Gasteiger partial charge >= 0.3 is 0 Å². The van der Waals surface area contributed by atoms with Crippen molar-refractivity contribution in [3.63, 3.8) is 0 Å². The van der Waals surface area contributed by atoms with Crippen molar-refractivity contribution in [2.75, 3.05) is 5.32 Å². The van der Waals surface area contributed by atoms with Crippen LogP contribution in [-0.2, 0) is 0 Å². The zero-order valence-electron chi connectivity index (χ0n) is 15.5. The van der Waals surface area contributed by atoms with E-state index in [9.17, 15) is 5.11 Å². The molecule has 0 unspecified atom stereocenters. The Labute approximate surface area is 180 Å². The van der Waals surface area contributed by atoms with E-state index in [0.717, 1.165) is 15.8 Å². The van der Waals surface area contributed by atoms with Crippen LogP contribution in [0.5, 0.6) is 5.75 Å². The van der Waals surface area contributed by atoms with Gasteiger partial charge < -0.3 is 10.4 Å². The summed E-state index contributed by atoms with van der Waals surface area (Å²) in [6.07, 6.45) is 1.78. The summed E-state index contributed by atoms with van der Waals surface area (Å²) in [6, 6.07) is 16.2. The van der Waals surface area contributed by atoms with E-state index in [2.05, 4.69) is 32.2 Å². The Bertz CT molecular complexity index is 1380. The molecule has 0 bridgehead atoms. The molecule has 0 aliphatic heterocycles. The first kappa shape index (κ1) is 18.5. The third-order valence-corrected chi connectivity index (χ3v) is 5.81. The van der Waals surface area contributed by atoms with Gasteiger partial charge in [-0.05, 0) is 48.0 Å². The normalized spacial score (nSPS) is 12.3. The van der Waals surface area contributed by atoms with Crippen LogP contribution < -0.4 is 5.32 Å². The minimum absolute atomic E-state index is 0.203. The van der Waals surface area contributed by atoms with Crippen molar-refractivity contribution in [1.82, 2.24) is 24.8 Å². The molecule has 148 valence electrons. The number of thiazole rings is 1. The number of nitrogens with zero attached hydrogens (tertiary/aromatic N) is 5. The molecule has 0 saturated heterocycles. The highest BCUT2D eigenvalue weighted by Crippen LogP contribution is 2.30. The highest BCUT2D eigenvalue weighted by molar-refractivity contribution is 7.22. The van der Waals surface area contributed by atoms with Crippen LogP contribution in [0.25, 0.3) is 15.9 Å². The lowest BCUT2D eigenvalue weighted by Crippen LogP contribution is -2.07. The Morgan fingerprint density at radius 3 is 2.73 bits per heavy atom. The standard InChI is InChI=1S/C21H15ClN6OS/c1-2-15(12-3-6-14(29)7-4-12)20-26-25-19-10-9-18(27-28(19)20)24-21-23-16-8-5-13(22)11-17(16)30-21/h2-11,15,29H,1H2,(H,23,24,27)/t15-/m0/s1. The van der Waals surface area contributed by atoms with Crippen LogP contribution in [0.4, 0.5) is 10.9 Å². The smallest absolute Gasteiger partial charge is 0.189 e. The second-order valence-corrected chi connectivity index (χ2v) is 8.07. The number of aromatic nitrogens is 5. The predicted octanol–water partition coefficient (Wildman–Crippen LogP) is 5.15. The second-order valence-electron chi connectivity index (χ2n) is 6.61. The molecule has 0 aliphatic rings. The molecule has 0 radical (unpaired) electrons. The Kier molecular flexibility index (Phi) is 4.57. The van der Waals surface area contributed by atoms with Gasteiger partial charge in [0.2, 0.25) is 0 Å². The number of hydrogen-bond donors (Lipinski definition) is 2. The van der Waals surface area contributed by atoms with E-state index in [4.69, 9.17) is 11.6 Å². The molecule has 1 atom stereocenters. The summed E-state index contributed by atoms with van der Waals surface area (Å²) in [5, 5.41) is 27.4. The van der Waals surface area contributed by atoms with Gasteiger partial charge in [-0.1, -0.05) is 41.1 Å². The average Bonchev–Trinajstić information content (AvgIpc) is 3.33. The third kappa shape index (κ3) is 3.36. The van der Waals surface area contributed by atoms with Crippen molar-refractivity contribution in [3.05, 3.63) is 83.7 Å². The van der Waals surface area contributed by atoms with Crippen LogP contribution in [0.15, 0.2) is 67.3 Å². The average molecular weight is 435 g/mol. The predicted molar refractivity (Wildman–Crippen MR) is 119 cm³/mol. The second kappa shape index (κ2) is 7.40. The summed E-state index contributed by atoms with van der Waals surface area (Å²) >= 11 is 7.57. The first-order chi connectivity index (χ1) is 14.6. The molecule has 0 saturated carbocycles. The molecule has 0 aliphatic carbocycles. The summed E-state index contributed by atoms with van der Waals surface area (Å²) in [7, 11) is 0. The zero-order chi connectivity index (χ0) is 20.7. The third-order valence-electron chi connectivity index (χ3n) is 4.64. The Morgan fingerprint density at radius 1 is 1.10 bits per heavy atom. The molecule has 5 rings (SSSR count). The number of phenols is 1. The number of benzene rings is 2. The lowest BCUT2D eigenvalue weighted by molar-refractivity contribution is 0.475. The monoisotopic (exact) mass is 434 g/mol. The number of phenolic OH excluding ortho intramolecular Hbond substituents is 1. The highest BCUT2D eigenvalue weighted by Gasteiger charge is 2.19. The maximum Gasteiger partial charge on any atom is 0.189 e. The Balaban J connectivity index is 1.51. The maximum atomic E-state index is 9.57. The van der Waals surface area contributed by atoms with E-state index in [1.807, 2.05) is 42.5 Å². The van der Waals surface area contributed by atoms with Gasteiger partial charge in [-0.15, -0.1) is 21.9 Å². The maximum absolute atomic E-state index is 9.57. The first-order valence-electron chi connectivity index (χ1n) is 9.08. The summed E-state index contributed by atoms with van der Waals surface area (Å²) in [5.41, 5.74) is 2.43. The van der Waals surface area contributed by atoms with E-state index < -0.39 is 0 Å². The fourth-order valence-corrected chi connectivity index (χ4v) is 4.35. The topological polar surface area (TPSA) is 88.2 Å². The molecule has 0 spiro atoms. The number of fused-ring (bicyclic) bond motifs is 2. The molecule has 30 heavy (non-hydrogen) atoms. The quantitative estimate of drug-likeness (QED) is 0.372. The van der Waals surface area contributed by atoms with E-state index in [1.165, 1.54) is 11.3 Å². The van der Waals surface area contributed by atoms with Crippen molar-refractivity contribution in [1.29, 1.82) is 0 Å². The Hall–Kier alpha value is -3.49. The van der Waals surface area contributed by atoms with Gasteiger partial charge in [0.25, 0.3) is 0 Å². The number of nitrogens with one attached hydrogen (secondary N) is 1. The van der Waals surface area contributed by atoms with Gasteiger partial charge in [0.15, 0.2) is 22.4 Å².